The summed E-state index contributed by atoms with van der Waals surface area (Å²) in [6.45, 7) is 1.17. The van der Waals surface area contributed by atoms with E-state index in [0.29, 0.717) is 23.7 Å². The van der Waals surface area contributed by atoms with Crippen molar-refractivity contribution in [1.82, 2.24) is 9.88 Å². The molecule has 0 saturated heterocycles. The Morgan fingerprint density at radius 3 is 2.64 bits per heavy atom. The Bertz CT molecular complexity index is 1100. The summed E-state index contributed by atoms with van der Waals surface area (Å²) in [5.74, 6) is -0.155. The lowest BCUT2D eigenvalue weighted by molar-refractivity contribution is -0.114. The molecule has 2 aromatic heterocycles. The zero-order valence-electron chi connectivity index (χ0n) is 15.8. The highest BCUT2D eigenvalue weighted by molar-refractivity contribution is 7.90. The smallest absolute Gasteiger partial charge is 0.252 e. The van der Waals surface area contributed by atoms with E-state index in [0.717, 1.165) is 9.58 Å². The number of nitrogens with zero attached hydrogens (tertiary/aromatic N) is 3. The first-order chi connectivity index (χ1) is 13.2. The van der Waals surface area contributed by atoms with Crippen molar-refractivity contribution in [3.8, 4) is 0 Å². The second kappa shape index (κ2) is 8.52. The molecule has 3 rings (SSSR count). The van der Waals surface area contributed by atoms with Crippen molar-refractivity contribution in [2.75, 3.05) is 38.3 Å². The monoisotopic (exact) mass is 435 g/mol. The van der Waals surface area contributed by atoms with E-state index < -0.39 is 9.84 Å². The first-order valence-electron chi connectivity index (χ1n) is 8.52. The van der Waals surface area contributed by atoms with Crippen LogP contribution < -0.4 is 4.90 Å². The summed E-state index contributed by atoms with van der Waals surface area (Å²) >= 11 is 2.88. The van der Waals surface area contributed by atoms with Gasteiger partial charge in [-0.3, -0.25) is 9.69 Å². The van der Waals surface area contributed by atoms with Crippen molar-refractivity contribution in [3.63, 3.8) is 0 Å². The van der Waals surface area contributed by atoms with E-state index in [1.807, 2.05) is 36.5 Å². The lowest BCUT2D eigenvalue weighted by atomic mass is 10.3. The van der Waals surface area contributed by atoms with Gasteiger partial charge in [0, 0.05) is 30.3 Å². The molecular formula is C19H21N3O3S3. The number of benzene rings is 1. The van der Waals surface area contributed by atoms with Crippen LogP contribution in [-0.4, -0.2) is 57.6 Å². The predicted octanol–water partition coefficient (Wildman–Crippen LogP) is 3.37. The second-order valence-electron chi connectivity index (χ2n) is 6.54. The Balaban J connectivity index is 1.93. The van der Waals surface area contributed by atoms with Crippen molar-refractivity contribution < 1.29 is 13.2 Å². The second-order valence-corrected chi connectivity index (χ2v) is 10.5. The van der Waals surface area contributed by atoms with Gasteiger partial charge in [0.15, 0.2) is 15.0 Å². The van der Waals surface area contributed by atoms with Gasteiger partial charge in [-0.05, 0) is 49.8 Å². The normalized spacial score (nSPS) is 12.3. The molecule has 0 aliphatic heterocycles. The van der Waals surface area contributed by atoms with Gasteiger partial charge in [-0.1, -0.05) is 17.4 Å². The van der Waals surface area contributed by atoms with Crippen LogP contribution in [0.1, 0.15) is 4.88 Å². The van der Waals surface area contributed by atoms with Crippen LogP contribution in [0.2, 0.25) is 0 Å². The average Bonchev–Trinajstić information content (AvgIpc) is 3.27. The Labute approximate surface area is 172 Å². The highest BCUT2D eigenvalue weighted by atomic mass is 32.2. The van der Waals surface area contributed by atoms with Gasteiger partial charge in [0.25, 0.3) is 5.91 Å². The number of carbonyl (C=O) groups is 1. The zero-order chi connectivity index (χ0) is 20.3. The number of sulfone groups is 1. The third kappa shape index (κ3) is 5.05. The molecule has 0 atom stereocenters. The van der Waals surface area contributed by atoms with Gasteiger partial charge < -0.3 is 4.90 Å². The minimum Gasteiger partial charge on any atom is -0.308 e. The Morgan fingerprint density at radius 1 is 1.21 bits per heavy atom. The molecule has 3 aromatic rings. The van der Waals surface area contributed by atoms with Crippen molar-refractivity contribution in [2.24, 2.45) is 0 Å². The summed E-state index contributed by atoms with van der Waals surface area (Å²) in [6, 6.07) is 8.72. The van der Waals surface area contributed by atoms with Gasteiger partial charge in [-0.25, -0.2) is 13.4 Å². The van der Waals surface area contributed by atoms with E-state index in [-0.39, 0.29) is 10.8 Å². The van der Waals surface area contributed by atoms with Crippen molar-refractivity contribution in [1.29, 1.82) is 0 Å². The molecule has 0 fully saturated rings. The number of rotatable bonds is 7. The van der Waals surface area contributed by atoms with Crippen LogP contribution in [0, 0.1) is 0 Å². The fourth-order valence-electron chi connectivity index (χ4n) is 2.47. The largest absolute Gasteiger partial charge is 0.308 e. The maximum Gasteiger partial charge on any atom is 0.252 e. The van der Waals surface area contributed by atoms with Gasteiger partial charge in [-0.15, -0.1) is 11.3 Å². The van der Waals surface area contributed by atoms with Crippen LogP contribution in [-0.2, 0) is 14.6 Å². The van der Waals surface area contributed by atoms with Gasteiger partial charge >= 0.3 is 0 Å². The minimum atomic E-state index is -3.30. The van der Waals surface area contributed by atoms with E-state index in [9.17, 15) is 13.2 Å². The molecule has 148 valence electrons. The highest BCUT2D eigenvalue weighted by Crippen LogP contribution is 2.31. The quantitative estimate of drug-likeness (QED) is 0.532. The van der Waals surface area contributed by atoms with E-state index >= 15 is 0 Å². The summed E-state index contributed by atoms with van der Waals surface area (Å²) in [7, 11) is 0.596. The number of hydrogen-bond acceptors (Lipinski definition) is 7. The summed E-state index contributed by atoms with van der Waals surface area (Å²) in [4.78, 5) is 22.3. The summed E-state index contributed by atoms with van der Waals surface area (Å²) in [5.41, 5.74) is 0.678. The van der Waals surface area contributed by atoms with Crippen molar-refractivity contribution in [3.05, 3.63) is 46.7 Å². The fourth-order valence-corrected chi connectivity index (χ4v) is 4.84. The highest BCUT2D eigenvalue weighted by Gasteiger charge is 2.19. The first kappa shape index (κ1) is 20.7. The standard InChI is InChI=1S/C19H21N3O3S3/c1-21(2)10-11-22(18(23)9-6-14-5-4-12-26-14)19-20-16-8-7-15(28(3,24)25)13-17(16)27-19/h4-9,12-13H,10-11H2,1-3H3/b9-6+. The average molecular weight is 436 g/mol. The molecule has 1 aromatic carbocycles. The molecule has 2 heterocycles. The first-order valence-corrected chi connectivity index (χ1v) is 12.1. The Kier molecular flexibility index (Phi) is 6.29. The number of aromatic nitrogens is 1. The predicted molar refractivity (Wildman–Crippen MR) is 117 cm³/mol. The van der Waals surface area contributed by atoms with Gasteiger partial charge in [0.1, 0.15) is 0 Å². The summed E-state index contributed by atoms with van der Waals surface area (Å²) in [6.07, 6.45) is 4.53. The maximum atomic E-state index is 12.9. The van der Waals surface area contributed by atoms with Gasteiger partial charge in [-0.2, -0.15) is 0 Å². The van der Waals surface area contributed by atoms with Crippen molar-refractivity contribution >= 4 is 59.8 Å². The Hall–Kier alpha value is -2.07. The van der Waals surface area contributed by atoms with E-state index in [1.54, 1.807) is 46.6 Å². The minimum absolute atomic E-state index is 0.155. The number of thiazole rings is 1. The number of fused-ring (bicyclic) bond motifs is 1. The number of carbonyl (C=O) groups excluding carboxylic acids is 1. The molecule has 0 saturated carbocycles. The SMILES string of the molecule is CN(C)CCN(C(=O)/C=C/c1cccs1)c1nc2ccc(S(C)(=O)=O)cc2s1. The lowest BCUT2D eigenvalue weighted by Gasteiger charge is -2.20. The van der Waals surface area contributed by atoms with Crippen LogP contribution in [0.5, 0.6) is 0 Å². The molecule has 0 radical (unpaired) electrons. The Morgan fingerprint density at radius 2 is 2.00 bits per heavy atom. The molecule has 0 spiro atoms. The number of anilines is 1. The summed E-state index contributed by atoms with van der Waals surface area (Å²) in [5, 5.41) is 2.52. The molecule has 0 aliphatic carbocycles. The lowest BCUT2D eigenvalue weighted by Crippen LogP contribution is -2.35. The number of amides is 1. The molecule has 28 heavy (non-hydrogen) atoms. The van der Waals surface area contributed by atoms with Crippen LogP contribution in [0.25, 0.3) is 16.3 Å². The number of thiophene rings is 1. The van der Waals surface area contributed by atoms with Crippen LogP contribution in [0.3, 0.4) is 0 Å². The molecule has 9 heteroatoms. The van der Waals surface area contributed by atoms with Gasteiger partial charge in [0.05, 0.1) is 15.1 Å². The molecule has 0 aliphatic rings. The van der Waals surface area contributed by atoms with E-state index in [4.69, 9.17) is 0 Å². The molecule has 0 bridgehead atoms. The molecule has 0 unspecified atom stereocenters. The fraction of sp³-hybridized carbons (Fsp3) is 0.263. The number of likely N-dealkylation sites (N-methyl/N-ethyl adjacent to an activating group) is 1. The van der Waals surface area contributed by atoms with Crippen LogP contribution in [0.15, 0.2) is 46.7 Å². The topological polar surface area (TPSA) is 70.6 Å². The molecule has 6 nitrogen and oxygen atoms in total. The molecule has 0 N–H and O–H groups in total. The van der Waals surface area contributed by atoms with Crippen LogP contribution in [0.4, 0.5) is 5.13 Å². The third-order valence-corrected chi connectivity index (χ3v) is 6.97. The van der Waals surface area contributed by atoms with Gasteiger partial charge in [0.2, 0.25) is 0 Å². The number of hydrogen-bond donors (Lipinski definition) is 0. The third-order valence-electron chi connectivity index (χ3n) is 3.98. The van der Waals surface area contributed by atoms with E-state index in [2.05, 4.69) is 4.98 Å². The van der Waals surface area contributed by atoms with Crippen LogP contribution >= 0.6 is 22.7 Å². The molecular weight excluding hydrogens is 414 g/mol. The zero-order valence-corrected chi connectivity index (χ0v) is 18.3. The van der Waals surface area contributed by atoms with E-state index in [1.165, 1.54) is 17.6 Å². The summed E-state index contributed by atoms with van der Waals surface area (Å²) < 4.78 is 24.4. The maximum absolute atomic E-state index is 12.9. The molecule has 1 amide bonds. The van der Waals surface area contributed by atoms with Crippen molar-refractivity contribution in [2.45, 2.75) is 4.90 Å².